The maximum absolute atomic E-state index is 2.33. The number of hydrogen-bond donors (Lipinski definition) is 0. The summed E-state index contributed by atoms with van der Waals surface area (Å²) in [4.78, 5) is 2.33. The van der Waals surface area contributed by atoms with Crippen LogP contribution in [0.25, 0.3) is 52.8 Å². The second-order valence-electron chi connectivity index (χ2n) is 10.2. The van der Waals surface area contributed by atoms with E-state index >= 15 is 0 Å². The third kappa shape index (κ3) is 3.69. The molecule has 1 aromatic heterocycles. The van der Waals surface area contributed by atoms with Crippen molar-refractivity contribution in [1.29, 1.82) is 0 Å². The molecule has 7 aromatic carbocycles. The zero-order chi connectivity index (χ0) is 26.5. The molecule has 0 atom stereocenters. The number of benzene rings is 7. The molecule has 0 saturated heterocycles. The highest BCUT2D eigenvalue weighted by molar-refractivity contribution is 7.27. The summed E-state index contributed by atoms with van der Waals surface area (Å²) in [6, 6.07) is 54.7. The average Bonchev–Trinajstić information content (AvgIpc) is 3.41. The number of hydrogen-bond acceptors (Lipinski definition) is 2. The molecule has 2 heteroatoms. The minimum absolute atomic E-state index is 1.14. The van der Waals surface area contributed by atoms with Crippen molar-refractivity contribution in [2.24, 2.45) is 0 Å². The predicted molar refractivity (Wildman–Crippen MR) is 174 cm³/mol. The van der Waals surface area contributed by atoms with E-state index in [1.807, 2.05) is 11.3 Å². The number of para-hydroxylation sites is 2. The van der Waals surface area contributed by atoms with Crippen LogP contribution in [0.5, 0.6) is 0 Å². The first-order valence-corrected chi connectivity index (χ1v) is 14.4. The minimum atomic E-state index is 1.14. The molecular formula is C38H25NS. The van der Waals surface area contributed by atoms with E-state index in [1.54, 1.807) is 0 Å². The maximum Gasteiger partial charge on any atom is 0.0467 e. The van der Waals surface area contributed by atoms with Gasteiger partial charge in [-0.25, -0.2) is 0 Å². The summed E-state index contributed by atoms with van der Waals surface area (Å²) in [6.07, 6.45) is 0. The minimum Gasteiger partial charge on any atom is -0.310 e. The monoisotopic (exact) mass is 527 g/mol. The van der Waals surface area contributed by atoms with Gasteiger partial charge >= 0.3 is 0 Å². The third-order valence-corrected chi connectivity index (χ3v) is 9.09. The van der Waals surface area contributed by atoms with Crippen LogP contribution in [0.3, 0.4) is 0 Å². The number of nitrogens with zero attached hydrogens (tertiary/aromatic N) is 1. The van der Waals surface area contributed by atoms with E-state index in [2.05, 4.69) is 157 Å². The van der Waals surface area contributed by atoms with Crippen LogP contribution < -0.4 is 4.90 Å². The van der Waals surface area contributed by atoms with Crippen molar-refractivity contribution < 1.29 is 0 Å². The van der Waals surface area contributed by atoms with E-state index in [9.17, 15) is 0 Å². The molecule has 1 nitrogen and oxygen atoms in total. The fourth-order valence-electron chi connectivity index (χ4n) is 5.98. The second-order valence-corrected chi connectivity index (χ2v) is 11.2. The molecule has 0 N–H and O–H groups in total. The Morgan fingerprint density at radius 1 is 0.400 bits per heavy atom. The molecule has 0 saturated carbocycles. The van der Waals surface area contributed by atoms with Gasteiger partial charge in [-0.05, 0) is 63.7 Å². The number of thiophene rings is 1. The van der Waals surface area contributed by atoms with Gasteiger partial charge in [-0.3, -0.25) is 0 Å². The first-order valence-electron chi connectivity index (χ1n) is 13.6. The topological polar surface area (TPSA) is 3.24 Å². The molecule has 0 aliphatic carbocycles. The van der Waals surface area contributed by atoms with Crippen molar-refractivity contribution in [3.8, 4) is 11.1 Å². The molecule has 0 unspecified atom stereocenters. The van der Waals surface area contributed by atoms with E-state index in [1.165, 1.54) is 52.8 Å². The lowest BCUT2D eigenvalue weighted by atomic mass is 9.98. The molecule has 40 heavy (non-hydrogen) atoms. The highest BCUT2D eigenvalue weighted by Crippen LogP contribution is 2.45. The van der Waals surface area contributed by atoms with E-state index in [0.29, 0.717) is 0 Å². The lowest BCUT2D eigenvalue weighted by Crippen LogP contribution is -2.09. The van der Waals surface area contributed by atoms with Crippen molar-refractivity contribution in [2.45, 2.75) is 0 Å². The Labute approximate surface area is 237 Å². The van der Waals surface area contributed by atoms with Gasteiger partial charge in [0.05, 0.1) is 0 Å². The summed E-state index contributed by atoms with van der Waals surface area (Å²) in [5.74, 6) is 0. The second kappa shape index (κ2) is 9.37. The highest BCUT2D eigenvalue weighted by atomic mass is 32.1. The molecule has 0 fully saturated rings. The molecule has 0 aliphatic rings. The van der Waals surface area contributed by atoms with Gasteiger partial charge in [-0.2, -0.15) is 0 Å². The molecule has 0 aliphatic heterocycles. The van der Waals surface area contributed by atoms with E-state index in [0.717, 1.165) is 17.1 Å². The SMILES string of the molecule is c1ccc(N(c2ccccc2)c2cccc(-c3cccc4c3sc3c4ccc4ccc5ccccc5c43)c2)cc1. The van der Waals surface area contributed by atoms with Crippen LogP contribution >= 0.6 is 11.3 Å². The Morgan fingerprint density at radius 2 is 1.00 bits per heavy atom. The molecule has 0 radical (unpaired) electrons. The van der Waals surface area contributed by atoms with Crippen molar-refractivity contribution in [2.75, 3.05) is 4.90 Å². The van der Waals surface area contributed by atoms with E-state index in [-0.39, 0.29) is 0 Å². The van der Waals surface area contributed by atoms with Gasteiger partial charge in [-0.1, -0.05) is 115 Å². The van der Waals surface area contributed by atoms with Crippen LogP contribution in [-0.4, -0.2) is 0 Å². The Bertz CT molecular complexity index is 2120. The van der Waals surface area contributed by atoms with E-state index < -0.39 is 0 Å². The summed E-state index contributed by atoms with van der Waals surface area (Å²) < 4.78 is 2.70. The highest BCUT2D eigenvalue weighted by Gasteiger charge is 2.16. The lowest BCUT2D eigenvalue weighted by molar-refractivity contribution is 1.28. The van der Waals surface area contributed by atoms with Gasteiger partial charge in [0, 0.05) is 42.6 Å². The average molecular weight is 528 g/mol. The van der Waals surface area contributed by atoms with Crippen molar-refractivity contribution >= 4 is 70.1 Å². The quantitative estimate of drug-likeness (QED) is 0.206. The normalized spacial score (nSPS) is 11.5. The number of rotatable bonds is 4. The fourth-order valence-corrected chi connectivity index (χ4v) is 7.39. The summed E-state index contributed by atoms with van der Waals surface area (Å²) in [6.45, 7) is 0. The van der Waals surface area contributed by atoms with E-state index in [4.69, 9.17) is 0 Å². The van der Waals surface area contributed by atoms with Crippen LogP contribution in [0.4, 0.5) is 17.1 Å². The smallest absolute Gasteiger partial charge is 0.0467 e. The summed E-state index contributed by atoms with van der Waals surface area (Å²) in [5.41, 5.74) is 5.92. The first-order chi connectivity index (χ1) is 19.8. The Kier molecular flexibility index (Phi) is 5.39. The Balaban J connectivity index is 1.35. The first kappa shape index (κ1) is 23.0. The van der Waals surface area contributed by atoms with Crippen LogP contribution in [0, 0.1) is 0 Å². The number of fused-ring (bicyclic) bond motifs is 7. The summed E-state index contributed by atoms with van der Waals surface area (Å²) in [7, 11) is 0. The molecule has 0 spiro atoms. The molecule has 8 rings (SSSR count). The third-order valence-electron chi connectivity index (χ3n) is 7.82. The largest absolute Gasteiger partial charge is 0.310 e. The Morgan fingerprint density at radius 3 is 1.80 bits per heavy atom. The van der Waals surface area contributed by atoms with Gasteiger partial charge in [-0.15, -0.1) is 11.3 Å². The zero-order valence-electron chi connectivity index (χ0n) is 21.8. The van der Waals surface area contributed by atoms with Gasteiger partial charge in [0.1, 0.15) is 0 Å². The van der Waals surface area contributed by atoms with Crippen molar-refractivity contribution in [3.63, 3.8) is 0 Å². The van der Waals surface area contributed by atoms with Crippen LogP contribution in [0.1, 0.15) is 0 Å². The van der Waals surface area contributed by atoms with Gasteiger partial charge in [0.25, 0.3) is 0 Å². The van der Waals surface area contributed by atoms with Gasteiger partial charge < -0.3 is 4.90 Å². The van der Waals surface area contributed by atoms with Crippen LogP contribution in [-0.2, 0) is 0 Å². The molecule has 1 heterocycles. The van der Waals surface area contributed by atoms with Crippen LogP contribution in [0.2, 0.25) is 0 Å². The van der Waals surface area contributed by atoms with Gasteiger partial charge in [0.15, 0.2) is 0 Å². The van der Waals surface area contributed by atoms with Gasteiger partial charge in [0.2, 0.25) is 0 Å². The molecule has 8 aromatic rings. The Hall–Kier alpha value is -4.92. The lowest BCUT2D eigenvalue weighted by Gasteiger charge is -2.26. The van der Waals surface area contributed by atoms with Crippen molar-refractivity contribution in [3.05, 3.63) is 152 Å². The standard InChI is InChI=1S/C38H25NS/c1-3-13-29(14-4-1)39(30-15-5-2-6-16-30)31-17-9-12-28(25-31)33-19-10-20-34-35-24-23-27-22-21-26-11-7-8-18-32(26)36(27)38(35)40-37(33)34/h1-25H. The molecule has 0 amide bonds. The fraction of sp³-hybridized carbons (Fsp3) is 0. The number of anilines is 3. The zero-order valence-corrected chi connectivity index (χ0v) is 22.6. The maximum atomic E-state index is 2.33. The summed E-state index contributed by atoms with van der Waals surface area (Å²) in [5, 5.41) is 7.91. The summed E-state index contributed by atoms with van der Waals surface area (Å²) >= 11 is 1.92. The van der Waals surface area contributed by atoms with Crippen molar-refractivity contribution in [1.82, 2.24) is 0 Å². The molecular weight excluding hydrogens is 502 g/mol. The molecule has 188 valence electrons. The predicted octanol–water partition coefficient (Wildman–Crippen LogP) is 11.5. The molecule has 0 bridgehead atoms. The van der Waals surface area contributed by atoms with Crippen LogP contribution in [0.15, 0.2) is 152 Å².